The maximum Gasteiger partial charge on any atom is 0.325 e. The van der Waals surface area contributed by atoms with Crippen LogP contribution in [0.25, 0.3) is 0 Å². The Hall–Kier alpha value is -1.89. The molecule has 7 nitrogen and oxygen atoms in total. The largest absolute Gasteiger partial charge is 0.480 e. The molecule has 0 spiro atoms. The molecule has 0 aromatic carbocycles. The highest BCUT2D eigenvalue weighted by atomic mass is 16.4. The highest BCUT2D eigenvalue weighted by Gasteiger charge is 2.09. The van der Waals surface area contributed by atoms with E-state index in [1.807, 2.05) is 19.0 Å². The first-order chi connectivity index (χ1) is 7.99. The van der Waals surface area contributed by atoms with Gasteiger partial charge in [-0.1, -0.05) is 0 Å². The minimum Gasteiger partial charge on any atom is -0.480 e. The molecule has 0 bridgehead atoms. The van der Waals surface area contributed by atoms with Crippen LogP contribution in [0.15, 0.2) is 12.3 Å². The minimum absolute atomic E-state index is 0.227. The van der Waals surface area contributed by atoms with Gasteiger partial charge in [-0.05, 0) is 20.2 Å². The lowest BCUT2D eigenvalue weighted by Gasteiger charge is -2.09. The fourth-order valence-corrected chi connectivity index (χ4v) is 1.19. The van der Waals surface area contributed by atoms with Crippen LogP contribution in [0.3, 0.4) is 0 Å². The molecule has 0 fully saturated rings. The fraction of sp³-hybridized carbons (Fsp3) is 0.500. The van der Waals surface area contributed by atoms with Crippen molar-refractivity contribution in [2.75, 3.05) is 27.2 Å². The van der Waals surface area contributed by atoms with Crippen molar-refractivity contribution in [2.24, 2.45) is 0 Å². The average molecular weight is 240 g/mol. The summed E-state index contributed by atoms with van der Waals surface area (Å²) in [6, 6.07) is 1.49. The first-order valence-electron chi connectivity index (χ1n) is 5.17. The van der Waals surface area contributed by atoms with Crippen molar-refractivity contribution in [2.45, 2.75) is 6.54 Å². The Kier molecular flexibility index (Phi) is 4.65. The molecule has 0 aliphatic rings. The molecule has 0 aliphatic heterocycles. The van der Waals surface area contributed by atoms with Gasteiger partial charge in [0.05, 0.1) is 0 Å². The molecule has 1 amide bonds. The highest BCUT2D eigenvalue weighted by molar-refractivity contribution is 5.92. The third-order valence-electron chi connectivity index (χ3n) is 2.02. The van der Waals surface area contributed by atoms with Gasteiger partial charge in [0, 0.05) is 19.3 Å². The maximum absolute atomic E-state index is 11.6. The van der Waals surface area contributed by atoms with Crippen LogP contribution in [0.2, 0.25) is 0 Å². The van der Waals surface area contributed by atoms with Gasteiger partial charge in [-0.25, -0.2) is 0 Å². The van der Waals surface area contributed by atoms with Crippen molar-refractivity contribution in [3.05, 3.63) is 18.0 Å². The zero-order valence-corrected chi connectivity index (χ0v) is 9.88. The number of rotatable bonds is 6. The summed E-state index contributed by atoms with van der Waals surface area (Å²) in [6.45, 7) is 1.02. The molecule has 1 heterocycles. The van der Waals surface area contributed by atoms with Crippen molar-refractivity contribution < 1.29 is 14.7 Å². The Morgan fingerprint density at radius 1 is 1.53 bits per heavy atom. The number of carboxylic acids is 1. The molecule has 0 saturated carbocycles. The van der Waals surface area contributed by atoms with E-state index in [1.165, 1.54) is 16.9 Å². The Labute approximate surface area is 99.0 Å². The lowest BCUT2D eigenvalue weighted by molar-refractivity contribution is -0.137. The van der Waals surface area contributed by atoms with Gasteiger partial charge in [0.2, 0.25) is 0 Å². The number of carbonyl (C=O) groups excluding carboxylic acids is 1. The van der Waals surface area contributed by atoms with Crippen molar-refractivity contribution in [3.8, 4) is 0 Å². The van der Waals surface area contributed by atoms with E-state index in [0.717, 1.165) is 6.54 Å². The van der Waals surface area contributed by atoms with Gasteiger partial charge in [0.15, 0.2) is 0 Å². The lowest BCUT2D eigenvalue weighted by Crippen LogP contribution is -2.31. The van der Waals surface area contributed by atoms with Crippen molar-refractivity contribution in [1.29, 1.82) is 0 Å². The van der Waals surface area contributed by atoms with E-state index >= 15 is 0 Å². The molecule has 1 rings (SSSR count). The number of nitrogens with zero attached hydrogens (tertiary/aromatic N) is 3. The molecule has 2 N–H and O–H groups in total. The average Bonchev–Trinajstić information content (AvgIpc) is 2.64. The number of amides is 1. The third-order valence-corrected chi connectivity index (χ3v) is 2.02. The van der Waals surface area contributed by atoms with Gasteiger partial charge in [0.1, 0.15) is 12.2 Å². The first-order valence-corrected chi connectivity index (χ1v) is 5.17. The molecule has 17 heavy (non-hydrogen) atoms. The predicted octanol–water partition coefficient (Wildman–Crippen LogP) is -0.741. The Balaban J connectivity index is 2.46. The molecule has 0 radical (unpaired) electrons. The van der Waals surface area contributed by atoms with Crippen molar-refractivity contribution >= 4 is 11.9 Å². The molecule has 0 aliphatic carbocycles. The SMILES string of the molecule is CN(C)CCNC(=O)c1ccn(CC(=O)O)n1. The molecule has 1 aromatic heterocycles. The number of aliphatic carboxylic acids is 1. The number of carboxylic acid groups (broad SMARTS) is 1. The van der Waals surface area contributed by atoms with Crippen LogP contribution in [-0.2, 0) is 11.3 Å². The van der Waals surface area contributed by atoms with Crippen molar-refractivity contribution in [3.63, 3.8) is 0 Å². The van der Waals surface area contributed by atoms with Gasteiger partial charge >= 0.3 is 5.97 Å². The fourth-order valence-electron chi connectivity index (χ4n) is 1.19. The second-order valence-corrected chi connectivity index (χ2v) is 3.85. The van der Waals surface area contributed by atoms with E-state index in [2.05, 4.69) is 10.4 Å². The summed E-state index contributed by atoms with van der Waals surface area (Å²) in [7, 11) is 3.82. The van der Waals surface area contributed by atoms with Crippen LogP contribution in [0.1, 0.15) is 10.5 Å². The molecule has 94 valence electrons. The summed E-state index contributed by atoms with van der Waals surface area (Å²) in [4.78, 5) is 23.9. The number of hydrogen-bond acceptors (Lipinski definition) is 4. The predicted molar refractivity (Wildman–Crippen MR) is 60.8 cm³/mol. The van der Waals surface area contributed by atoms with Gasteiger partial charge < -0.3 is 15.3 Å². The molecule has 0 saturated heterocycles. The summed E-state index contributed by atoms with van der Waals surface area (Å²) in [6.07, 6.45) is 1.47. The molecule has 7 heteroatoms. The van der Waals surface area contributed by atoms with Crippen LogP contribution in [0.5, 0.6) is 0 Å². The Bertz CT molecular complexity index is 400. The smallest absolute Gasteiger partial charge is 0.325 e. The van der Waals surface area contributed by atoms with Crippen LogP contribution < -0.4 is 5.32 Å². The summed E-state index contributed by atoms with van der Waals surface area (Å²) in [5, 5.41) is 15.1. The monoisotopic (exact) mass is 240 g/mol. The minimum atomic E-state index is -0.993. The number of hydrogen-bond donors (Lipinski definition) is 2. The summed E-state index contributed by atoms with van der Waals surface area (Å²) in [5.74, 6) is -1.29. The topological polar surface area (TPSA) is 87.5 Å². The van der Waals surface area contributed by atoms with Gasteiger partial charge in [0.25, 0.3) is 5.91 Å². The van der Waals surface area contributed by atoms with Gasteiger partial charge in [-0.15, -0.1) is 0 Å². The Morgan fingerprint density at radius 3 is 2.82 bits per heavy atom. The van der Waals surface area contributed by atoms with E-state index in [1.54, 1.807) is 0 Å². The second-order valence-electron chi connectivity index (χ2n) is 3.85. The van der Waals surface area contributed by atoms with Crippen LogP contribution in [-0.4, -0.2) is 58.8 Å². The van der Waals surface area contributed by atoms with Crippen LogP contribution in [0, 0.1) is 0 Å². The lowest BCUT2D eigenvalue weighted by atomic mass is 10.4. The molecule has 0 atom stereocenters. The van der Waals surface area contributed by atoms with Crippen LogP contribution in [0.4, 0.5) is 0 Å². The van der Waals surface area contributed by atoms with Crippen LogP contribution >= 0.6 is 0 Å². The normalized spacial score (nSPS) is 10.5. The Morgan fingerprint density at radius 2 is 2.24 bits per heavy atom. The number of aromatic nitrogens is 2. The summed E-state index contributed by atoms with van der Waals surface area (Å²) in [5.41, 5.74) is 0.227. The highest BCUT2D eigenvalue weighted by Crippen LogP contribution is 1.95. The zero-order chi connectivity index (χ0) is 12.8. The molecule has 0 unspecified atom stereocenters. The standard InChI is InChI=1S/C10H16N4O3/c1-13(2)6-4-11-10(17)8-3-5-14(12-8)7-9(15)16/h3,5H,4,6-7H2,1-2H3,(H,11,17)(H,15,16). The number of likely N-dealkylation sites (N-methyl/N-ethyl adjacent to an activating group) is 1. The maximum atomic E-state index is 11.6. The third kappa shape index (κ3) is 4.64. The van der Waals surface area contributed by atoms with E-state index in [0.29, 0.717) is 6.54 Å². The van der Waals surface area contributed by atoms with E-state index < -0.39 is 5.97 Å². The summed E-state index contributed by atoms with van der Waals surface area (Å²) < 4.78 is 1.21. The molecular weight excluding hydrogens is 224 g/mol. The van der Waals surface area contributed by atoms with Gasteiger partial charge in [-0.3, -0.25) is 14.3 Å². The first kappa shape index (κ1) is 13.2. The molecular formula is C10H16N4O3. The van der Waals surface area contributed by atoms with Crippen molar-refractivity contribution in [1.82, 2.24) is 20.0 Å². The van der Waals surface area contributed by atoms with E-state index in [4.69, 9.17) is 5.11 Å². The second kappa shape index (κ2) is 6.00. The van der Waals surface area contributed by atoms with E-state index in [9.17, 15) is 9.59 Å². The quantitative estimate of drug-likeness (QED) is 0.683. The van der Waals surface area contributed by atoms with Gasteiger partial charge in [-0.2, -0.15) is 5.10 Å². The van der Waals surface area contributed by atoms with E-state index in [-0.39, 0.29) is 18.1 Å². The summed E-state index contributed by atoms with van der Waals surface area (Å²) >= 11 is 0. The number of carbonyl (C=O) groups is 2. The molecule has 1 aromatic rings. The zero-order valence-electron chi connectivity index (χ0n) is 9.88. The number of nitrogens with one attached hydrogen (secondary N) is 1.